The Bertz CT molecular complexity index is 965. The summed E-state index contributed by atoms with van der Waals surface area (Å²) in [5, 5.41) is 2.89. The number of anilines is 2. The van der Waals surface area contributed by atoms with Crippen molar-refractivity contribution in [2.45, 2.75) is 19.3 Å². The van der Waals surface area contributed by atoms with Gasteiger partial charge in [0.05, 0.1) is 6.26 Å². The van der Waals surface area contributed by atoms with Gasteiger partial charge >= 0.3 is 0 Å². The Morgan fingerprint density at radius 2 is 1.83 bits per heavy atom. The van der Waals surface area contributed by atoms with Gasteiger partial charge in [-0.3, -0.25) is 9.52 Å². The quantitative estimate of drug-likeness (QED) is 0.609. The third-order valence-corrected chi connectivity index (χ3v) is 5.39. The SMILES string of the molecule is CN(CCOc1cccc2c1CCC(=O)N2)CCc1ccc(NS(C)(=O)=O)cc1.Cl. The summed E-state index contributed by atoms with van der Waals surface area (Å²) in [7, 11) is -1.21. The van der Waals surface area contributed by atoms with Gasteiger partial charge in [-0.05, 0) is 49.7 Å². The van der Waals surface area contributed by atoms with Gasteiger partial charge in [-0.25, -0.2) is 8.42 Å². The van der Waals surface area contributed by atoms with Gasteiger partial charge in [0.15, 0.2) is 0 Å². The molecule has 0 saturated carbocycles. The van der Waals surface area contributed by atoms with E-state index < -0.39 is 10.0 Å². The third-order valence-electron chi connectivity index (χ3n) is 4.78. The van der Waals surface area contributed by atoms with Crippen LogP contribution in [0.5, 0.6) is 5.75 Å². The van der Waals surface area contributed by atoms with Gasteiger partial charge in [0.25, 0.3) is 0 Å². The van der Waals surface area contributed by atoms with Crippen molar-refractivity contribution in [2.75, 3.05) is 43.0 Å². The maximum absolute atomic E-state index is 11.5. The number of nitrogens with zero attached hydrogens (tertiary/aromatic N) is 1. The highest BCUT2D eigenvalue weighted by Crippen LogP contribution is 2.30. The zero-order valence-corrected chi connectivity index (χ0v) is 18.8. The first-order valence-corrected chi connectivity index (χ1v) is 11.5. The monoisotopic (exact) mass is 453 g/mol. The molecule has 2 aromatic rings. The molecule has 0 aromatic heterocycles. The number of nitrogens with one attached hydrogen (secondary N) is 2. The number of amides is 1. The predicted molar refractivity (Wildman–Crippen MR) is 122 cm³/mol. The summed E-state index contributed by atoms with van der Waals surface area (Å²) in [6, 6.07) is 13.2. The highest BCUT2D eigenvalue weighted by Gasteiger charge is 2.18. The summed E-state index contributed by atoms with van der Waals surface area (Å²) in [5.74, 6) is 0.888. The Morgan fingerprint density at radius 1 is 1.10 bits per heavy atom. The molecule has 164 valence electrons. The van der Waals surface area contributed by atoms with E-state index in [0.717, 1.165) is 48.3 Å². The topological polar surface area (TPSA) is 87.7 Å². The largest absolute Gasteiger partial charge is 0.492 e. The molecule has 0 bridgehead atoms. The molecule has 0 atom stereocenters. The number of sulfonamides is 1. The number of carbonyl (C=O) groups is 1. The molecule has 30 heavy (non-hydrogen) atoms. The molecule has 0 radical (unpaired) electrons. The Labute approximate surface area is 184 Å². The lowest BCUT2D eigenvalue weighted by molar-refractivity contribution is -0.116. The van der Waals surface area contributed by atoms with Crippen LogP contribution in [0, 0.1) is 0 Å². The first-order chi connectivity index (χ1) is 13.8. The minimum absolute atomic E-state index is 0. The smallest absolute Gasteiger partial charge is 0.229 e. The number of likely N-dealkylation sites (N-methyl/N-ethyl adjacent to an activating group) is 1. The number of hydrogen-bond acceptors (Lipinski definition) is 5. The van der Waals surface area contributed by atoms with Crippen molar-refractivity contribution in [2.24, 2.45) is 0 Å². The van der Waals surface area contributed by atoms with Crippen molar-refractivity contribution in [1.82, 2.24) is 4.90 Å². The molecule has 0 aliphatic carbocycles. The number of carbonyl (C=O) groups excluding carboxylic acids is 1. The molecular formula is C21H28ClN3O4S. The van der Waals surface area contributed by atoms with Crippen LogP contribution in [-0.2, 0) is 27.7 Å². The molecule has 9 heteroatoms. The van der Waals surface area contributed by atoms with E-state index in [1.54, 1.807) is 12.1 Å². The van der Waals surface area contributed by atoms with E-state index in [1.165, 1.54) is 0 Å². The summed E-state index contributed by atoms with van der Waals surface area (Å²) < 4.78 is 30.9. The van der Waals surface area contributed by atoms with Crippen LogP contribution < -0.4 is 14.8 Å². The van der Waals surface area contributed by atoms with E-state index in [4.69, 9.17) is 4.74 Å². The summed E-state index contributed by atoms with van der Waals surface area (Å²) in [6.07, 6.45) is 3.20. The van der Waals surface area contributed by atoms with Crippen LogP contribution in [0.3, 0.4) is 0 Å². The first kappa shape index (κ1) is 24.0. The second-order valence-corrected chi connectivity index (χ2v) is 9.05. The summed E-state index contributed by atoms with van der Waals surface area (Å²) in [6.45, 7) is 2.22. The van der Waals surface area contributed by atoms with Gasteiger partial charge in [-0.1, -0.05) is 18.2 Å². The molecule has 1 heterocycles. The summed E-state index contributed by atoms with van der Waals surface area (Å²) in [5.41, 5.74) is 3.63. The van der Waals surface area contributed by atoms with Crippen LogP contribution in [0.25, 0.3) is 0 Å². The van der Waals surface area contributed by atoms with Crippen molar-refractivity contribution in [1.29, 1.82) is 0 Å². The van der Waals surface area contributed by atoms with Crippen molar-refractivity contribution in [3.63, 3.8) is 0 Å². The van der Waals surface area contributed by atoms with Gasteiger partial charge < -0.3 is 15.0 Å². The zero-order valence-electron chi connectivity index (χ0n) is 17.2. The number of rotatable bonds is 9. The fraction of sp³-hybridized carbons (Fsp3) is 0.381. The normalized spacial score (nSPS) is 13.2. The number of ether oxygens (including phenoxy) is 1. The van der Waals surface area contributed by atoms with Gasteiger partial charge in [0.2, 0.25) is 15.9 Å². The van der Waals surface area contributed by atoms with Crippen LogP contribution in [0.4, 0.5) is 11.4 Å². The number of benzene rings is 2. The second kappa shape index (κ2) is 10.7. The van der Waals surface area contributed by atoms with Crippen molar-refractivity contribution in [3.8, 4) is 5.75 Å². The molecule has 0 spiro atoms. The molecular weight excluding hydrogens is 426 g/mol. The molecule has 0 unspecified atom stereocenters. The van der Waals surface area contributed by atoms with Crippen molar-refractivity contribution in [3.05, 3.63) is 53.6 Å². The Kier molecular flexibility index (Phi) is 8.52. The fourth-order valence-corrected chi connectivity index (χ4v) is 3.79. The molecule has 2 N–H and O–H groups in total. The second-order valence-electron chi connectivity index (χ2n) is 7.30. The molecule has 1 aliphatic rings. The van der Waals surface area contributed by atoms with Crippen LogP contribution in [0.2, 0.25) is 0 Å². The summed E-state index contributed by atoms with van der Waals surface area (Å²) in [4.78, 5) is 13.7. The lowest BCUT2D eigenvalue weighted by Gasteiger charge is -2.21. The Balaban J connectivity index is 0.00000320. The standard InChI is InChI=1S/C21H27N3O4S.ClH/c1-24(13-12-16-6-8-17(9-7-16)23-29(2,26)27)14-15-28-20-5-3-4-19-18(20)10-11-21(25)22-19;/h3-9,23H,10-15H2,1-2H3,(H,22,25);1H. The van der Waals surface area contributed by atoms with Gasteiger partial charge in [-0.15, -0.1) is 12.4 Å². The predicted octanol–water partition coefficient (Wildman–Crippen LogP) is 2.92. The molecule has 3 rings (SSSR count). The van der Waals surface area contributed by atoms with Crippen LogP contribution in [0.1, 0.15) is 17.5 Å². The van der Waals surface area contributed by atoms with E-state index >= 15 is 0 Å². The summed E-state index contributed by atoms with van der Waals surface area (Å²) >= 11 is 0. The molecule has 2 aromatic carbocycles. The van der Waals surface area contributed by atoms with Crippen molar-refractivity contribution < 1.29 is 17.9 Å². The van der Waals surface area contributed by atoms with E-state index in [0.29, 0.717) is 25.1 Å². The highest BCUT2D eigenvalue weighted by molar-refractivity contribution is 7.92. The zero-order chi connectivity index (χ0) is 20.9. The minimum atomic E-state index is -3.25. The minimum Gasteiger partial charge on any atom is -0.492 e. The third kappa shape index (κ3) is 7.19. The van der Waals surface area contributed by atoms with Crippen LogP contribution in [0.15, 0.2) is 42.5 Å². The van der Waals surface area contributed by atoms with E-state index in [-0.39, 0.29) is 18.3 Å². The lowest BCUT2D eigenvalue weighted by Crippen LogP contribution is -2.27. The van der Waals surface area contributed by atoms with Crippen LogP contribution >= 0.6 is 12.4 Å². The van der Waals surface area contributed by atoms with Gasteiger partial charge in [-0.2, -0.15) is 0 Å². The number of halogens is 1. The first-order valence-electron chi connectivity index (χ1n) is 9.60. The molecule has 0 saturated heterocycles. The van der Waals surface area contributed by atoms with Crippen molar-refractivity contribution >= 4 is 39.7 Å². The molecule has 1 amide bonds. The molecule has 7 nitrogen and oxygen atoms in total. The Hall–Kier alpha value is -2.29. The van der Waals surface area contributed by atoms with Gasteiger partial charge in [0.1, 0.15) is 12.4 Å². The van der Waals surface area contributed by atoms with E-state index in [2.05, 4.69) is 14.9 Å². The van der Waals surface area contributed by atoms with Crippen LogP contribution in [-0.4, -0.2) is 52.2 Å². The Morgan fingerprint density at radius 3 is 2.53 bits per heavy atom. The number of hydrogen-bond donors (Lipinski definition) is 2. The van der Waals surface area contributed by atoms with Gasteiger partial charge in [0, 0.05) is 36.4 Å². The molecule has 1 aliphatic heterocycles. The fourth-order valence-electron chi connectivity index (χ4n) is 3.22. The lowest BCUT2D eigenvalue weighted by atomic mass is 10.0. The molecule has 0 fully saturated rings. The maximum atomic E-state index is 11.5. The average molecular weight is 454 g/mol. The van der Waals surface area contributed by atoms with E-state index in [1.807, 2.05) is 37.4 Å². The van der Waals surface area contributed by atoms with E-state index in [9.17, 15) is 13.2 Å². The maximum Gasteiger partial charge on any atom is 0.229 e. The number of fused-ring (bicyclic) bond motifs is 1. The highest BCUT2D eigenvalue weighted by atomic mass is 35.5. The average Bonchev–Trinajstić information content (AvgIpc) is 2.66.